The monoisotopic (exact) mass is 258 g/mol. The first-order chi connectivity index (χ1) is 8.63. The van der Waals surface area contributed by atoms with Crippen LogP contribution < -0.4 is 4.80 Å². The van der Waals surface area contributed by atoms with Crippen molar-refractivity contribution in [1.82, 2.24) is 4.57 Å². The Kier molecular flexibility index (Phi) is 3.63. The van der Waals surface area contributed by atoms with Crippen LogP contribution in [0.15, 0.2) is 29.3 Å². The number of terminal acetylenes is 1. The number of carbonyl (C=O) groups excluding carboxylic acids is 1. The lowest BCUT2D eigenvalue weighted by atomic mass is 10.2. The Morgan fingerprint density at radius 1 is 1.50 bits per heavy atom. The van der Waals surface area contributed by atoms with E-state index in [0.29, 0.717) is 11.3 Å². The molecule has 0 unspecified atom stereocenters. The summed E-state index contributed by atoms with van der Waals surface area (Å²) in [6.45, 7) is 4.10. The van der Waals surface area contributed by atoms with Crippen molar-refractivity contribution in [3.63, 3.8) is 0 Å². The molecule has 0 aliphatic heterocycles. The lowest BCUT2D eigenvalue weighted by Gasteiger charge is -2.00. The van der Waals surface area contributed by atoms with Gasteiger partial charge in [-0.15, -0.1) is 6.42 Å². The maximum absolute atomic E-state index is 11.7. The van der Waals surface area contributed by atoms with Gasteiger partial charge in [0.1, 0.15) is 0 Å². The van der Waals surface area contributed by atoms with E-state index >= 15 is 0 Å². The van der Waals surface area contributed by atoms with Crippen LogP contribution in [0.4, 0.5) is 0 Å². The van der Waals surface area contributed by atoms with Crippen molar-refractivity contribution < 1.29 is 4.79 Å². The highest BCUT2D eigenvalue weighted by molar-refractivity contribution is 7.16. The molecule has 0 spiro atoms. The molecule has 0 aliphatic carbocycles. The van der Waals surface area contributed by atoms with E-state index in [-0.39, 0.29) is 11.8 Å². The Labute approximate surface area is 110 Å². The van der Waals surface area contributed by atoms with E-state index in [1.165, 1.54) is 11.3 Å². The number of carbonyl (C=O) groups is 1. The molecule has 1 amide bonds. The molecule has 0 radical (unpaired) electrons. The van der Waals surface area contributed by atoms with E-state index in [1.54, 1.807) is 0 Å². The molecule has 0 saturated carbocycles. The number of amides is 1. The summed E-state index contributed by atoms with van der Waals surface area (Å²) in [6, 6.07) is 7.91. The number of aromatic nitrogens is 1. The molecule has 0 atom stereocenters. The second-order valence-corrected chi connectivity index (χ2v) is 5.26. The van der Waals surface area contributed by atoms with Crippen molar-refractivity contribution in [2.45, 2.75) is 20.4 Å². The predicted molar refractivity (Wildman–Crippen MR) is 74.1 cm³/mol. The summed E-state index contributed by atoms with van der Waals surface area (Å²) in [5.41, 5.74) is 1.02. The van der Waals surface area contributed by atoms with E-state index < -0.39 is 0 Å². The standard InChI is InChI=1S/C14H14N2OS/c1-4-9-16-11-7-5-6-8-12(11)18-14(16)15-13(17)10(2)3/h1,5-8,10H,9H2,2-3H3. The minimum Gasteiger partial charge on any atom is -0.305 e. The largest absolute Gasteiger partial charge is 0.305 e. The molecule has 0 bridgehead atoms. The van der Waals surface area contributed by atoms with Crippen molar-refractivity contribution in [1.29, 1.82) is 0 Å². The number of para-hydroxylation sites is 1. The third-order valence-corrected chi connectivity index (χ3v) is 3.60. The van der Waals surface area contributed by atoms with Gasteiger partial charge in [0.2, 0.25) is 0 Å². The highest BCUT2D eigenvalue weighted by Gasteiger charge is 2.08. The Bertz CT molecular complexity index is 686. The van der Waals surface area contributed by atoms with Crippen molar-refractivity contribution in [3.8, 4) is 12.3 Å². The van der Waals surface area contributed by atoms with Gasteiger partial charge in [0.25, 0.3) is 5.91 Å². The zero-order chi connectivity index (χ0) is 13.1. The third kappa shape index (κ3) is 2.36. The number of hydrogen-bond donors (Lipinski definition) is 0. The minimum absolute atomic E-state index is 0.102. The van der Waals surface area contributed by atoms with Gasteiger partial charge >= 0.3 is 0 Å². The summed E-state index contributed by atoms with van der Waals surface area (Å²) in [6.07, 6.45) is 5.38. The molecule has 0 N–H and O–H groups in total. The van der Waals surface area contributed by atoms with E-state index in [0.717, 1.165) is 10.2 Å². The fourth-order valence-electron chi connectivity index (χ4n) is 1.57. The lowest BCUT2D eigenvalue weighted by molar-refractivity contribution is -0.120. The molecule has 0 saturated heterocycles. The van der Waals surface area contributed by atoms with Crippen molar-refractivity contribution in [2.24, 2.45) is 10.9 Å². The average Bonchev–Trinajstić information content (AvgIpc) is 2.68. The van der Waals surface area contributed by atoms with Gasteiger partial charge in [-0.1, -0.05) is 43.2 Å². The number of rotatable bonds is 2. The molecule has 92 valence electrons. The number of hydrogen-bond acceptors (Lipinski definition) is 2. The molecule has 2 rings (SSSR count). The van der Waals surface area contributed by atoms with Crippen LogP contribution in [0.3, 0.4) is 0 Å². The van der Waals surface area contributed by atoms with Crippen LogP contribution in [-0.2, 0) is 11.3 Å². The minimum atomic E-state index is -0.118. The SMILES string of the molecule is C#CCn1c(=NC(=O)C(C)C)sc2ccccc21. The zero-order valence-electron chi connectivity index (χ0n) is 10.4. The van der Waals surface area contributed by atoms with Crippen LogP contribution >= 0.6 is 11.3 Å². The zero-order valence-corrected chi connectivity index (χ0v) is 11.2. The van der Waals surface area contributed by atoms with Crippen LogP contribution in [0.5, 0.6) is 0 Å². The van der Waals surface area contributed by atoms with Crippen molar-refractivity contribution in [2.75, 3.05) is 0 Å². The number of thiazole rings is 1. The molecule has 2 aromatic rings. The molecule has 4 heteroatoms. The molecular formula is C14H14N2OS. The number of benzene rings is 1. The molecule has 0 fully saturated rings. The van der Waals surface area contributed by atoms with Gasteiger partial charge in [0.15, 0.2) is 4.80 Å². The van der Waals surface area contributed by atoms with Gasteiger partial charge in [-0.25, -0.2) is 0 Å². The molecule has 18 heavy (non-hydrogen) atoms. The Balaban J connectivity index is 2.67. The van der Waals surface area contributed by atoms with Crippen LogP contribution in [0.25, 0.3) is 10.2 Å². The molecule has 3 nitrogen and oxygen atoms in total. The van der Waals surface area contributed by atoms with Crippen molar-refractivity contribution >= 4 is 27.5 Å². The van der Waals surface area contributed by atoms with Gasteiger partial charge in [-0.3, -0.25) is 4.79 Å². The summed E-state index contributed by atoms with van der Waals surface area (Å²) in [5.74, 6) is 2.38. The van der Waals surface area contributed by atoms with Crippen LogP contribution in [0.2, 0.25) is 0 Å². The van der Waals surface area contributed by atoms with Crippen LogP contribution in [-0.4, -0.2) is 10.5 Å². The van der Waals surface area contributed by atoms with Gasteiger partial charge in [0, 0.05) is 5.92 Å². The third-order valence-electron chi connectivity index (χ3n) is 2.54. The molecule has 1 aromatic heterocycles. The van der Waals surface area contributed by atoms with E-state index in [2.05, 4.69) is 10.9 Å². The predicted octanol–water partition coefficient (Wildman–Crippen LogP) is 2.42. The second-order valence-electron chi connectivity index (χ2n) is 4.25. The normalized spacial score (nSPS) is 12.0. The topological polar surface area (TPSA) is 34.4 Å². The fourth-order valence-corrected chi connectivity index (χ4v) is 2.61. The second kappa shape index (κ2) is 5.19. The fraction of sp³-hybridized carbons (Fsp3) is 0.286. The average molecular weight is 258 g/mol. The van der Waals surface area contributed by atoms with Crippen molar-refractivity contribution in [3.05, 3.63) is 29.1 Å². The Hall–Kier alpha value is -1.86. The Morgan fingerprint density at radius 2 is 2.22 bits per heavy atom. The van der Waals surface area contributed by atoms with E-state index in [1.807, 2.05) is 42.7 Å². The number of nitrogens with zero attached hydrogens (tertiary/aromatic N) is 2. The molecular weight excluding hydrogens is 244 g/mol. The first kappa shape index (κ1) is 12.6. The highest BCUT2D eigenvalue weighted by Crippen LogP contribution is 2.16. The first-order valence-electron chi connectivity index (χ1n) is 5.74. The smallest absolute Gasteiger partial charge is 0.250 e. The molecule has 0 aliphatic rings. The number of fused-ring (bicyclic) bond motifs is 1. The van der Waals surface area contributed by atoms with Gasteiger partial charge in [-0.2, -0.15) is 4.99 Å². The maximum Gasteiger partial charge on any atom is 0.250 e. The maximum atomic E-state index is 11.7. The lowest BCUT2D eigenvalue weighted by Crippen LogP contribution is -2.18. The van der Waals surface area contributed by atoms with Gasteiger partial charge in [0.05, 0.1) is 16.8 Å². The molecule has 1 aromatic carbocycles. The summed E-state index contributed by atoms with van der Waals surface area (Å²) in [4.78, 5) is 16.6. The van der Waals surface area contributed by atoms with Gasteiger partial charge in [-0.05, 0) is 12.1 Å². The van der Waals surface area contributed by atoms with E-state index in [4.69, 9.17) is 6.42 Å². The summed E-state index contributed by atoms with van der Waals surface area (Å²) < 4.78 is 2.99. The summed E-state index contributed by atoms with van der Waals surface area (Å²) >= 11 is 1.49. The highest BCUT2D eigenvalue weighted by atomic mass is 32.1. The first-order valence-corrected chi connectivity index (χ1v) is 6.55. The molecule has 1 heterocycles. The summed E-state index contributed by atoms with van der Waals surface area (Å²) in [5, 5.41) is 0. The Morgan fingerprint density at radius 3 is 2.89 bits per heavy atom. The van der Waals surface area contributed by atoms with Crippen LogP contribution in [0, 0.1) is 18.3 Å². The van der Waals surface area contributed by atoms with Crippen LogP contribution in [0.1, 0.15) is 13.8 Å². The van der Waals surface area contributed by atoms with E-state index in [9.17, 15) is 4.79 Å². The quantitative estimate of drug-likeness (QED) is 0.762. The summed E-state index contributed by atoms with van der Waals surface area (Å²) in [7, 11) is 0. The van der Waals surface area contributed by atoms with Gasteiger partial charge < -0.3 is 4.57 Å².